The van der Waals surface area contributed by atoms with Crippen LogP contribution in [0.25, 0.3) is 44.2 Å². The predicted octanol–water partition coefficient (Wildman–Crippen LogP) is 8.86. The first kappa shape index (κ1) is 45.6. The van der Waals surface area contributed by atoms with E-state index in [1.54, 1.807) is 0 Å². The number of alkyl carbamates (subject to hydrolysis) is 2. The van der Waals surface area contributed by atoms with E-state index in [2.05, 4.69) is 63.9 Å². The van der Waals surface area contributed by atoms with Gasteiger partial charge in [0.15, 0.2) is 0 Å². The standard InChI is InChI=1S/C52H64N8O8/c1-8-26(2)44(57-51(63)65-6)49(61)60-40-11-9-10-32(40)22-42(60)47-53-24-39(55-47)31-13-15-35-34(20-31)25-67-43-23-36-30(21-37(35)43)14-16-38-46(36)56-48(54-38)41-17-12-27(3)59(41)50(62)45(58-52(64)66-7)33-18-28(4)68-29(5)19-33/h13-16,20-21,23-24,26-29,32-33,40-42,44-45H,8-12,17-19,22,25H2,1-7H3,(H,53,55)(H,54,56)(H,57,63)(H,58,64)/t26-,27-,28+,29+,32-,40-,41-,42-,44-,45-/m0/s1. The van der Waals surface area contributed by atoms with Crippen LogP contribution in [0.4, 0.5) is 9.59 Å². The Morgan fingerprint density at radius 3 is 2.38 bits per heavy atom. The smallest absolute Gasteiger partial charge is 0.407 e. The molecule has 5 aromatic rings. The number of benzene rings is 3. The first-order valence-electron chi connectivity index (χ1n) is 24.6. The molecule has 0 spiro atoms. The van der Waals surface area contributed by atoms with E-state index in [1.165, 1.54) is 14.2 Å². The maximum Gasteiger partial charge on any atom is 0.407 e. The molecular weight excluding hydrogens is 865 g/mol. The molecule has 4 fully saturated rings. The molecule has 4 N–H and O–H groups in total. The number of hydrogen-bond donors (Lipinski definition) is 4. The lowest BCUT2D eigenvalue weighted by atomic mass is 9.85. The number of imidazole rings is 2. The van der Waals surface area contributed by atoms with Crippen molar-refractivity contribution in [1.29, 1.82) is 0 Å². The van der Waals surface area contributed by atoms with Gasteiger partial charge in [-0.1, -0.05) is 44.9 Å². The van der Waals surface area contributed by atoms with Crippen molar-refractivity contribution in [2.45, 2.75) is 147 Å². The van der Waals surface area contributed by atoms with Gasteiger partial charge in [0.05, 0.1) is 61.4 Å². The number of aromatic amines is 2. The minimum absolute atomic E-state index is 0.0340. The molecule has 3 saturated heterocycles. The van der Waals surface area contributed by atoms with Gasteiger partial charge < -0.3 is 49.3 Å². The van der Waals surface area contributed by atoms with Crippen molar-refractivity contribution >= 4 is 45.8 Å². The number of nitrogens with one attached hydrogen (secondary N) is 4. The van der Waals surface area contributed by atoms with E-state index in [0.29, 0.717) is 25.4 Å². The van der Waals surface area contributed by atoms with E-state index >= 15 is 0 Å². The summed E-state index contributed by atoms with van der Waals surface area (Å²) in [4.78, 5) is 75.2. The van der Waals surface area contributed by atoms with Gasteiger partial charge in [0.1, 0.15) is 36.1 Å². The summed E-state index contributed by atoms with van der Waals surface area (Å²) in [6.07, 6.45) is 8.07. The molecule has 0 unspecified atom stereocenters. The summed E-state index contributed by atoms with van der Waals surface area (Å²) in [6, 6.07) is 12.9. The number of fused-ring (bicyclic) bond motifs is 7. The quantitative estimate of drug-likeness (QED) is 0.105. The van der Waals surface area contributed by atoms with Gasteiger partial charge >= 0.3 is 12.2 Å². The van der Waals surface area contributed by atoms with Crippen LogP contribution < -0.4 is 15.4 Å². The molecule has 5 aliphatic rings. The lowest BCUT2D eigenvalue weighted by Crippen LogP contribution is -2.55. The molecule has 10 atom stereocenters. The number of carbonyl (C=O) groups excluding carboxylic acids is 4. The molecule has 1 aliphatic carbocycles. The first-order valence-corrected chi connectivity index (χ1v) is 24.6. The lowest BCUT2D eigenvalue weighted by Gasteiger charge is -2.39. The third-order valence-electron chi connectivity index (χ3n) is 15.8. The van der Waals surface area contributed by atoms with Crippen LogP contribution in [-0.4, -0.2) is 104 Å². The summed E-state index contributed by atoms with van der Waals surface area (Å²) in [5.41, 5.74) is 6.66. The van der Waals surface area contributed by atoms with Crippen molar-refractivity contribution in [2.24, 2.45) is 17.8 Å². The number of ether oxygens (including phenoxy) is 4. The lowest BCUT2D eigenvalue weighted by molar-refractivity contribution is -0.140. The molecule has 16 nitrogen and oxygen atoms in total. The average Bonchev–Trinajstić information content (AvgIpc) is 4.19. The van der Waals surface area contributed by atoms with Gasteiger partial charge in [-0.05, 0) is 130 Å². The van der Waals surface area contributed by atoms with Gasteiger partial charge in [-0.3, -0.25) is 9.59 Å². The van der Waals surface area contributed by atoms with Crippen LogP contribution in [0.15, 0.2) is 48.7 Å². The molecule has 0 radical (unpaired) electrons. The fourth-order valence-corrected chi connectivity index (χ4v) is 12.3. The predicted molar refractivity (Wildman–Crippen MR) is 255 cm³/mol. The molecule has 16 heteroatoms. The Bertz CT molecular complexity index is 2740. The van der Waals surface area contributed by atoms with Crippen LogP contribution >= 0.6 is 0 Å². The molecule has 1 saturated carbocycles. The Kier molecular flexibility index (Phi) is 12.3. The summed E-state index contributed by atoms with van der Waals surface area (Å²) in [6.45, 7) is 10.5. The SMILES string of the molecule is CC[C@H](C)[C@H](NC(=O)OC)C(=O)N1[C@H](c2ncc(-c3ccc4c(c3)COc3cc5c(ccc6nc([C@@H]7CC[C@H](C)N7C(=O)[C@@H](NC(=O)OC)C7C[C@@H](C)O[C@H](C)C7)[nH]c65)cc3-4)[nH]2)C[C@@H]2CCC[C@@H]21. The average molecular weight is 929 g/mol. The van der Waals surface area contributed by atoms with Crippen molar-refractivity contribution < 1.29 is 38.1 Å². The number of H-pyrrole nitrogens is 2. The van der Waals surface area contributed by atoms with Crippen LogP contribution in [0.3, 0.4) is 0 Å². The monoisotopic (exact) mass is 928 g/mol. The zero-order valence-electron chi connectivity index (χ0n) is 40.1. The van der Waals surface area contributed by atoms with Gasteiger partial charge in [0.25, 0.3) is 0 Å². The van der Waals surface area contributed by atoms with E-state index < -0.39 is 24.3 Å². The first-order chi connectivity index (χ1) is 32.8. The summed E-state index contributed by atoms with van der Waals surface area (Å²) in [7, 11) is 2.64. The second kappa shape index (κ2) is 18.4. The second-order valence-corrected chi connectivity index (χ2v) is 20.0. The summed E-state index contributed by atoms with van der Waals surface area (Å²) < 4.78 is 22.4. The van der Waals surface area contributed by atoms with Crippen LogP contribution in [0.1, 0.15) is 122 Å². The summed E-state index contributed by atoms with van der Waals surface area (Å²) in [5, 5.41) is 7.74. The number of amides is 4. The third kappa shape index (κ3) is 8.21. The van der Waals surface area contributed by atoms with Gasteiger partial charge in [-0.2, -0.15) is 0 Å². The zero-order chi connectivity index (χ0) is 47.5. The highest BCUT2D eigenvalue weighted by Gasteiger charge is 2.50. The normalized spacial score (nSPS) is 26.6. The molecule has 6 heterocycles. The Labute approximate surface area is 396 Å². The topological polar surface area (TPSA) is 193 Å². The van der Waals surface area contributed by atoms with Crippen molar-refractivity contribution in [3.8, 4) is 28.1 Å². The number of nitrogens with zero attached hydrogens (tertiary/aromatic N) is 4. The third-order valence-corrected chi connectivity index (χ3v) is 15.8. The van der Waals surface area contributed by atoms with Crippen LogP contribution in [0, 0.1) is 17.8 Å². The highest BCUT2D eigenvalue weighted by Crippen LogP contribution is 2.49. The summed E-state index contributed by atoms with van der Waals surface area (Å²) in [5.74, 6) is 2.26. The minimum Gasteiger partial charge on any atom is -0.488 e. The number of aromatic nitrogens is 4. The van der Waals surface area contributed by atoms with E-state index in [0.717, 1.165) is 112 Å². The van der Waals surface area contributed by atoms with E-state index in [9.17, 15) is 19.2 Å². The zero-order valence-corrected chi connectivity index (χ0v) is 40.1. The van der Waals surface area contributed by atoms with Gasteiger partial charge in [-0.25, -0.2) is 19.6 Å². The Morgan fingerprint density at radius 1 is 0.838 bits per heavy atom. The highest BCUT2D eigenvalue weighted by atomic mass is 16.5. The van der Waals surface area contributed by atoms with Crippen molar-refractivity contribution in [3.05, 3.63) is 65.9 Å². The fraction of sp³-hybridized carbons (Fsp3) is 0.538. The van der Waals surface area contributed by atoms with Crippen LogP contribution in [0.2, 0.25) is 0 Å². The Morgan fingerprint density at radius 2 is 1.62 bits per heavy atom. The van der Waals surface area contributed by atoms with Crippen molar-refractivity contribution in [1.82, 2.24) is 40.4 Å². The molecule has 360 valence electrons. The molecule has 4 aliphatic heterocycles. The van der Waals surface area contributed by atoms with Crippen molar-refractivity contribution in [2.75, 3.05) is 14.2 Å². The van der Waals surface area contributed by atoms with Crippen LogP contribution in [0.5, 0.6) is 5.75 Å². The van der Waals surface area contributed by atoms with Crippen LogP contribution in [-0.2, 0) is 30.4 Å². The fourth-order valence-electron chi connectivity index (χ4n) is 12.3. The highest BCUT2D eigenvalue weighted by molar-refractivity contribution is 6.07. The molecule has 10 rings (SSSR count). The summed E-state index contributed by atoms with van der Waals surface area (Å²) >= 11 is 0. The van der Waals surface area contributed by atoms with E-state index in [-0.39, 0.29) is 60.0 Å². The molecule has 0 bridgehead atoms. The Hall–Kier alpha value is -6.16. The number of rotatable bonds is 10. The number of methoxy groups -OCH3 is 2. The molecule has 4 amide bonds. The minimum atomic E-state index is -0.754. The number of carbonyl (C=O) groups is 4. The van der Waals surface area contributed by atoms with E-state index in [1.807, 2.05) is 49.8 Å². The molecular formula is C52H64N8O8. The maximum atomic E-state index is 14.6. The van der Waals surface area contributed by atoms with Gasteiger partial charge in [0, 0.05) is 23.0 Å². The van der Waals surface area contributed by atoms with Crippen molar-refractivity contribution in [3.63, 3.8) is 0 Å². The Balaban J connectivity index is 0.905. The number of hydrogen-bond acceptors (Lipinski definition) is 10. The molecule has 2 aromatic heterocycles. The largest absolute Gasteiger partial charge is 0.488 e. The molecule has 68 heavy (non-hydrogen) atoms. The number of likely N-dealkylation sites (tertiary alicyclic amines) is 2. The second-order valence-electron chi connectivity index (χ2n) is 20.0. The van der Waals surface area contributed by atoms with E-state index in [4.69, 9.17) is 28.9 Å². The molecule has 3 aromatic carbocycles. The maximum absolute atomic E-state index is 14.6. The van der Waals surface area contributed by atoms with Gasteiger partial charge in [0.2, 0.25) is 11.8 Å². The van der Waals surface area contributed by atoms with Gasteiger partial charge in [-0.15, -0.1) is 0 Å².